The van der Waals surface area contributed by atoms with E-state index in [-0.39, 0.29) is 18.1 Å². The van der Waals surface area contributed by atoms with Gasteiger partial charge in [-0.1, -0.05) is 42.5 Å². The molecule has 0 radical (unpaired) electrons. The predicted octanol–water partition coefficient (Wildman–Crippen LogP) is 3.83. The van der Waals surface area contributed by atoms with Crippen molar-refractivity contribution >= 4 is 5.91 Å². The second-order valence-corrected chi connectivity index (χ2v) is 8.57. The first-order valence-electron chi connectivity index (χ1n) is 11.4. The van der Waals surface area contributed by atoms with Gasteiger partial charge in [-0.3, -0.25) is 14.4 Å². The molecule has 6 heteroatoms. The summed E-state index contributed by atoms with van der Waals surface area (Å²) in [5.74, 6) is -0.0232. The summed E-state index contributed by atoms with van der Waals surface area (Å²) in [6.07, 6.45) is 5.20. The molecule has 1 N–H and O–H groups in total. The quantitative estimate of drug-likeness (QED) is 0.550. The fraction of sp³-hybridized carbons (Fsp3) is 0.385. The Bertz CT molecular complexity index is 991. The molecule has 3 aromatic rings. The summed E-state index contributed by atoms with van der Waals surface area (Å²) in [6, 6.07) is 18.1. The lowest BCUT2D eigenvalue weighted by atomic mass is 9.98. The van der Waals surface area contributed by atoms with Crippen LogP contribution in [0.5, 0.6) is 0 Å². The molecule has 0 saturated carbocycles. The van der Waals surface area contributed by atoms with Crippen molar-refractivity contribution in [1.82, 2.24) is 20.0 Å². The highest BCUT2D eigenvalue weighted by molar-refractivity contribution is 6.00. The minimum absolute atomic E-state index is 0.0232. The number of hydrogen-bond acceptors (Lipinski definition) is 4. The molecule has 2 atom stereocenters. The minimum atomic E-state index is -0.0232. The topological polar surface area (TPSA) is 59.4 Å². The maximum Gasteiger partial charge on any atom is 0.251 e. The third kappa shape index (κ3) is 5.84. The Morgan fingerprint density at radius 3 is 2.53 bits per heavy atom. The van der Waals surface area contributed by atoms with Crippen molar-refractivity contribution in [1.29, 1.82) is 0 Å². The zero-order chi connectivity index (χ0) is 22.3. The van der Waals surface area contributed by atoms with Crippen molar-refractivity contribution < 1.29 is 9.53 Å². The number of ether oxygens (including phenoxy) is 1. The Kier molecular flexibility index (Phi) is 7.35. The molecule has 1 amide bonds. The van der Waals surface area contributed by atoms with Gasteiger partial charge in [0.1, 0.15) is 0 Å². The van der Waals surface area contributed by atoms with Crippen LogP contribution < -0.4 is 5.32 Å². The Hall–Kier alpha value is -2.96. The Labute approximate surface area is 190 Å². The zero-order valence-corrected chi connectivity index (χ0v) is 18.9. The van der Waals surface area contributed by atoms with Crippen LogP contribution in [0, 0.1) is 0 Å². The molecule has 1 aromatic heterocycles. The molecule has 1 fully saturated rings. The van der Waals surface area contributed by atoms with Gasteiger partial charge >= 0.3 is 0 Å². The largest absolute Gasteiger partial charge is 0.373 e. The molecule has 32 heavy (non-hydrogen) atoms. The van der Waals surface area contributed by atoms with E-state index in [1.54, 1.807) is 6.20 Å². The zero-order valence-electron chi connectivity index (χ0n) is 18.9. The lowest BCUT2D eigenvalue weighted by molar-refractivity contribution is -0.0679. The van der Waals surface area contributed by atoms with Gasteiger partial charge in [0, 0.05) is 44.1 Å². The van der Waals surface area contributed by atoms with Crippen LogP contribution in [0.3, 0.4) is 0 Å². The second kappa shape index (κ2) is 10.6. The second-order valence-electron chi connectivity index (χ2n) is 8.57. The number of rotatable bonds is 8. The summed E-state index contributed by atoms with van der Waals surface area (Å²) in [5.41, 5.74) is 3.87. The molecular formula is C26H32N4O2. The first-order chi connectivity index (χ1) is 15.6. The van der Waals surface area contributed by atoms with Crippen molar-refractivity contribution in [2.24, 2.45) is 0 Å². The Balaban J connectivity index is 1.34. The summed E-state index contributed by atoms with van der Waals surface area (Å²) in [7, 11) is 0. The maximum absolute atomic E-state index is 12.9. The molecule has 0 bridgehead atoms. The minimum Gasteiger partial charge on any atom is -0.373 e. The number of nitrogens with zero attached hydrogens (tertiary/aromatic N) is 3. The van der Waals surface area contributed by atoms with E-state index < -0.39 is 0 Å². The highest BCUT2D eigenvalue weighted by Gasteiger charge is 2.21. The number of benzene rings is 2. The van der Waals surface area contributed by atoms with Gasteiger partial charge in [-0.25, -0.2) is 0 Å². The van der Waals surface area contributed by atoms with Crippen LogP contribution in [0.2, 0.25) is 0 Å². The number of morpholine rings is 1. The average molecular weight is 433 g/mol. The standard InChI is InChI=1S/C26H32N4O2/c1-20-17-29(18-21(2)32-20)15-5-13-27-26(31)25-8-4-3-7-24(25)23-11-9-22(10-12-23)19-30-16-6-14-28-30/h3-4,6-12,14,16,20-21H,5,13,15,17-19H2,1-2H3,(H,27,31). The van der Waals surface area contributed by atoms with Crippen molar-refractivity contribution in [2.45, 2.75) is 39.0 Å². The number of carbonyl (C=O) groups is 1. The van der Waals surface area contributed by atoms with E-state index in [1.165, 1.54) is 5.56 Å². The van der Waals surface area contributed by atoms with Gasteiger partial charge in [-0.15, -0.1) is 0 Å². The summed E-state index contributed by atoms with van der Waals surface area (Å²) in [4.78, 5) is 15.3. The smallest absolute Gasteiger partial charge is 0.251 e. The molecule has 2 aromatic carbocycles. The normalized spacial score (nSPS) is 19.1. The van der Waals surface area contributed by atoms with Gasteiger partial charge in [0.15, 0.2) is 0 Å². The van der Waals surface area contributed by atoms with E-state index in [2.05, 4.69) is 53.4 Å². The number of aromatic nitrogens is 2. The van der Waals surface area contributed by atoms with Crippen LogP contribution in [0.15, 0.2) is 67.0 Å². The SMILES string of the molecule is CC1CN(CCCNC(=O)c2ccccc2-c2ccc(Cn3cccn3)cc2)CC(C)O1. The van der Waals surface area contributed by atoms with E-state index in [9.17, 15) is 4.79 Å². The molecule has 0 aliphatic carbocycles. The van der Waals surface area contributed by atoms with Crippen molar-refractivity contribution in [2.75, 3.05) is 26.2 Å². The molecule has 6 nitrogen and oxygen atoms in total. The Morgan fingerprint density at radius 2 is 1.81 bits per heavy atom. The van der Waals surface area contributed by atoms with Gasteiger partial charge in [0.25, 0.3) is 5.91 Å². The van der Waals surface area contributed by atoms with Crippen LogP contribution in [0.4, 0.5) is 0 Å². The summed E-state index contributed by atoms with van der Waals surface area (Å²) < 4.78 is 7.69. The predicted molar refractivity (Wildman–Crippen MR) is 127 cm³/mol. The summed E-state index contributed by atoms with van der Waals surface area (Å²) in [6.45, 7) is 8.51. The van der Waals surface area contributed by atoms with E-state index in [4.69, 9.17) is 4.74 Å². The third-order valence-corrected chi connectivity index (χ3v) is 5.77. The molecule has 1 saturated heterocycles. The number of nitrogens with one attached hydrogen (secondary N) is 1. The maximum atomic E-state index is 12.9. The third-order valence-electron chi connectivity index (χ3n) is 5.77. The van der Waals surface area contributed by atoms with Gasteiger partial charge in [0.05, 0.1) is 18.8 Å². The van der Waals surface area contributed by atoms with Gasteiger partial charge in [-0.2, -0.15) is 5.10 Å². The van der Waals surface area contributed by atoms with E-state index >= 15 is 0 Å². The molecule has 168 valence electrons. The number of amides is 1. The van der Waals surface area contributed by atoms with Crippen molar-refractivity contribution in [3.8, 4) is 11.1 Å². The van der Waals surface area contributed by atoms with Crippen LogP contribution in [0.1, 0.15) is 36.2 Å². The fourth-order valence-corrected chi connectivity index (χ4v) is 4.37. The van der Waals surface area contributed by atoms with E-state index in [1.807, 2.05) is 41.2 Å². The van der Waals surface area contributed by atoms with Crippen LogP contribution in [-0.2, 0) is 11.3 Å². The van der Waals surface area contributed by atoms with Gasteiger partial charge in [0.2, 0.25) is 0 Å². The van der Waals surface area contributed by atoms with Crippen molar-refractivity contribution in [3.05, 3.63) is 78.1 Å². The summed E-state index contributed by atoms with van der Waals surface area (Å²) in [5, 5.41) is 7.36. The molecule has 1 aliphatic rings. The lowest BCUT2D eigenvalue weighted by Gasteiger charge is -2.35. The van der Waals surface area contributed by atoms with Gasteiger partial charge < -0.3 is 10.1 Å². The van der Waals surface area contributed by atoms with Crippen LogP contribution in [-0.4, -0.2) is 59.0 Å². The molecular weight excluding hydrogens is 400 g/mol. The first-order valence-corrected chi connectivity index (χ1v) is 11.4. The highest BCUT2D eigenvalue weighted by atomic mass is 16.5. The molecule has 2 unspecified atom stereocenters. The Morgan fingerprint density at radius 1 is 1.06 bits per heavy atom. The molecule has 2 heterocycles. The summed E-state index contributed by atoms with van der Waals surface area (Å²) >= 11 is 0. The molecule has 4 rings (SSSR count). The van der Waals surface area contributed by atoms with Gasteiger partial charge in [-0.05, 0) is 49.1 Å². The molecule has 0 spiro atoms. The van der Waals surface area contributed by atoms with E-state index in [0.717, 1.165) is 43.7 Å². The lowest BCUT2D eigenvalue weighted by Crippen LogP contribution is -2.46. The average Bonchev–Trinajstić information content (AvgIpc) is 3.30. The number of carbonyl (C=O) groups excluding carboxylic acids is 1. The first kappa shape index (κ1) is 22.2. The highest BCUT2D eigenvalue weighted by Crippen LogP contribution is 2.24. The van der Waals surface area contributed by atoms with Crippen molar-refractivity contribution in [3.63, 3.8) is 0 Å². The van der Waals surface area contributed by atoms with Crippen LogP contribution in [0.25, 0.3) is 11.1 Å². The van der Waals surface area contributed by atoms with E-state index in [0.29, 0.717) is 12.1 Å². The van der Waals surface area contributed by atoms with Crippen LogP contribution >= 0.6 is 0 Å². The monoisotopic (exact) mass is 432 g/mol. The molecule has 1 aliphatic heterocycles. The number of hydrogen-bond donors (Lipinski definition) is 1. The fourth-order valence-electron chi connectivity index (χ4n) is 4.37.